The van der Waals surface area contributed by atoms with Gasteiger partial charge in [0.15, 0.2) is 0 Å². The summed E-state index contributed by atoms with van der Waals surface area (Å²) in [6.45, 7) is 7.75. The summed E-state index contributed by atoms with van der Waals surface area (Å²) in [6, 6.07) is 3.14. The maximum absolute atomic E-state index is 10.2. The molecule has 4 heteroatoms. The van der Waals surface area contributed by atoms with E-state index >= 15 is 0 Å². The number of phenolic OH excluding ortho intramolecular Hbond substituents is 2. The molecule has 2 rings (SSSR count). The third-order valence-corrected chi connectivity index (χ3v) is 4.40. The highest BCUT2D eigenvalue weighted by Gasteiger charge is 2.33. The molecule has 0 saturated carbocycles. The molecule has 0 fully saturated rings. The summed E-state index contributed by atoms with van der Waals surface area (Å²) in [4.78, 5) is 0. The van der Waals surface area contributed by atoms with Gasteiger partial charge in [0.1, 0.15) is 11.5 Å². The van der Waals surface area contributed by atoms with Crippen molar-refractivity contribution in [2.75, 3.05) is 0 Å². The van der Waals surface area contributed by atoms with Crippen LogP contribution in [0.1, 0.15) is 31.7 Å². The molecule has 0 amide bonds. The highest BCUT2D eigenvalue weighted by atomic mass is 79.9. The monoisotopic (exact) mass is 338 g/mol. The summed E-state index contributed by atoms with van der Waals surface area (Å²) in [7, 11) is 0. The minimum atomic E-state index is -0.493. The predicted octanol–water partition coefficient (Wildman–Crippen LogP) is 3.85. The second kappa shape index (κ2) is 5.62. The van der Waals surface area contributed by atoms with Crippen LogP contribution in [0.5, 0.6) is 11.5 Å². The van der Waals surface area contributed by atoms with Gasteiger partial charge in [-0.2, -0.15) is 0 Å². The fourth-order valence-corrected chi connectivity index (χ4v) is 3.24. The topological polar surface area (TPSA) is 60.7 Å². The van der Waals surface area contributed by atoms with Gasteiger partial charge in [-0.3, -0.25) is 0 Å². The van der Waals surface area contributed by atoms with Crippen LogP contribution < -0.4 is 0 Å². The van der Waals surface area contributed by atoms with Crippen molar-refractivity contribution in [1.29, 1.82) is 0 Å². The highest BCUT2D eigenvalue weighted by molar-refractivity contribution is 9.10. The van der Waals surface area contributed by atoms with Crippen molar-refractivity contribution in [2.24, 2.45) is 5.92 Å². The summed E-state index contributed by atoms with van der Waals surface area (Å²) in [5.41, 5.74) is 2.28. The Hall–Kier alpha value is -1.26. The number of benzene rings is 1. The molecule has 0 aromatic heterocycles. The number of rotatable bonds is 2. The molecule has 108 valence electrons. The molecule has 0 bridgehead atoms. The lowest BCUT2D eigenvalue weighted by Crippen LogP contribution is -2.26. The molecule has 0 saturated heterocycles. The Morgan fingerprint density at radius 3 is 2.35 bits per heavy atom. The quantitative estimate of drug-likeness (QED) is 0.718. The van der Waals surface area contributed by atoms with E-state index < -0.39 is 6.10 Å². The van der Waals surface area contributed by atoms with Gasteiger partial charge < -0.3 is 15.3 Å². The lowest BCUT2D eigenvalue weighted by atomic mass is 9.73. The van der Waals surface area contributed by atoms with Crippen LogP contribution in [-0.4, -0.2) is 21.4 Å². The van der Waals surface area contributed by atoms with Crippen molar-refractivity contribution >= 4 is 15.9 Å². The maximum atomic E-state index is 10.2. The average Bonchev–Trinajstić information content (AvgIpc) is 2.31. The summed E-state index contributed by atoms with van der Waals surface area (Å²) in [5.74, 6) is -0.0854. The van der Waals surface area contributed by atoms with Gasteiger partial charge in [0.25, 0.3) is 0 Å². The molecule has 3 N–H and O–H groups in total. The van der Waals surface area contributed by atoms with E-state index in [1.807, 2.05) is 19.9 Å². The van der Waals surface area contributed by atoms with Crippen molar-refractivity contribution in [3.63, 3.8) is 0 Å². The molecule has 1 aliphatic carbocycles. The second-order valence-electron chi connectivity index (χ2n) is 5.50. The van der Waals surface area contributed by atoms with Crippen molar-refractivity contribution in [1.82, 2.24) is 0 Å². The van der Waals surface area contributed by atoms with Crippen molar-refractivity contribution in [3.05, 3.63) is 46.0 Å². The van der Waals surface area contributed by atoms with Crippen LogP contribution in [-0.2, 0) is 0 Å². The first-order valence-corrected chi connectivity index (χ1v) is 7.33. The number of halogens is 1. The van der Waals surface area contributed by atoms with Gasteiger partial charge in [-0.25, -0.2) is 0 Å². The molecule has 3 atom stereocenters. The number of aliphatic hydroxyl groups excluding tert-OH is 1. The zero-order chi connectivity index (χ0) is 15.0. The van der Waals surface area contributed by atoms with Crippen LogP contribution in [0.15, 0.2) is 40.4 Å². The van der Waals surface area contributed by atoms with E-state index in [1.54, 1.807) is 12.1 Å². The molecular formula is C16H19BrO3. The molecule has 0 aliphatic heterocycles. The molecule has 0 unspecified atom stereocenters. The van der Waals surface area contributed by atoms with E-state index in [0.717, 1.165) is 11.1 Å². The van der Waals surface area contributed by atoms with E-state index in [0.29, 0.717) is 16.5 Å². The number of aliphatic hydroxyl groups is 1. The SMILES string of the molecule is C=C(C)[C@@H]1C[C@H](O)C(C)=C[C@H]1c1c(O)cc(Br)cc1O. The van der Waals surface area contributed by atoms with Gasteiger partial charge in [-0.1, -0.05) is 34.2 Å². The van der Waals surface area contributed by atoms with E-state index in [-0.39, 0.29) is 23.3 Å². The fraction of sp³-hybridized carbons (Fsp3) is 0.375. The van der Waals surface area contributed by atoms with Crippen LogP contribution in [0.3, 0.4) is 0 Å². The lowest BCUT2D eigenvalue weighted by molar-refractivity contribution is 0.168. The van der Waals surface area contributed by atoms with Gasteiger partial charge in [0.05, 0.1) is 6.10 Å². The van der Waals surface area contributed by atoms with Crippen LogP contribution in [0.25, 0.3) is 0 Å². The molecule has 1 aromatic carbocycles. The Morgan fingerprint density at radius 2 is 1.85 bits per heavy atom. The number of allylic oxidation sites excluding steroid dienone is 2. The predicted molar refractivity (Wildman–Crippen MR) is 82.9 cm³/mol. The number of hydrogen-bond acceptors (Lipinski definition) is 3. The molecule has 0 heterocycles. The summed E-state index contributed by atoms with van der Waals surface area (Å²) in [6.07, 6.45) is 1.97. The average molecular weight is 339 g/mol. The Morgan fingerprint density at radius 1 is 1.30 bits per heavy atom. The van der Waals surface area contributed by atoms with Gasteiger partial charge >= 0.3 is 0 Å². The molecule has 0 radical (unpaired) electrons. The largest absolute Gasteiger partial charge is 0.507 e. The van der Waals surface area contributed by atoms with E-state index in [1.165, 1.54) is 0 Å². The van der Waals surface area contributed by atoms with Gasteiger partial charge in [-0.15, -0.1) is 0 Å². The van der Waals surface area contributed by atoms with Crippen molar-refractivity contribution < 1.29 is 15.3 Å². The van der Waals surface area contributed by atoms with Crippen molar-refractivity contribution in [3.8, 4) is 11.5 Å². The first-order chi connectivity index (χ1) is 9.31. The zero-order valence-corrected chi connectivity index (χ0v) is 13.2. The first kappa shape index (κ1) is 15.1. The number of aromatic hydroxyl groups is 2. The van der Waals surface area contributed by atoms with Crippen LogP contribution in [0.2, 0.25) is 0 Å². The summed E-state index contributed by atoms with van der Waals surface area (Å²) < 4.78 is 0.625. The highest BCUT2D eigenvalue weighted by Crippen LogP contribution is 2.46. The normalized spacial score (nSPS) is 26.2. The van der Waals surface area contributed by atoms with Crippen LogP contribution in [0, 0.1) is 5.92 Å². The molecule has 1 aliphatic rings. The third kappa shape index (κ3) is 2.76. The van der Waals surface area contributed by atoms with Crippen LogP contribution >= 0.6 is 15.9 Å². The van der Waals surface area contributed by atoms with E-state index in [2.05, 4.69) is 22.5 Å². The van der Waals surface area contributed by atoms with Crippen molar-refractivity contribution in [2.45, 2.75) is 32.3 Å². The number of hydrogen-bond donors (Lipinski definition) is 3. The minimum Gasteiger partial charge on any atom is -0.507 e. The summed E-state index contributed by atoms with van der Waals surface area (Å²) >= 11 is 3.24. The Bertz CT molecular complexity index is 554. The first-order valence-electron chi connectivity index (χ1n) is 6.54. The molecule has 0 spiro atoms. The standard InChI is InChI=1S/C16H19BrO3/c1-8(2)11-7-13(18)9(3)4-12(11)16-14(19)5-10(17)6-15(16)20/h4-6,11-13,18-20H,1,7H2,2-3H3/t11-,12+,13-/m0/s1. The number of phenols is 2. The molecule has 3 nitrogen and oxygen atoms in total. The third-order valence-electron chi connectivity index (χ3n) is 3.95. The molecule has 1 aromatic rings. The maximum Gasteiger partial charge on any atom is 0.124 e. The van der Waals surface area contributed by atoms with Gasteiger partial charge in [-0.05, 0) is 43.9 Å². The minimum absolute atomic E-state index is 0.00771. The second-order valence-corrected chi connectivity index (χ2v) is 6.41. The Balaban J connectivity index is 2.56. The molecule has 20 heavy (non-hydrogen) atoms. The Kier molecular flexibility index (Phi) is 4.25. The smallest absolute Gasteiger partial charge is 0.124 e. The van der Waals surface area contributed by atoms with Gasteiger partial charge in [0.2, 0.25) is 0 Å². The van der Waals surface area contributed by atoms with E-state index in [9.17, 15) is 15.3 Å². The van der Waals surface area contributed by atoms with Gasteiger partial charge in [0, 0.05) is 16.0 Å². The zero-order valence-electron chi connectivity index (χ0n) is 11.6. The lowest BCUT2D eigenvalue weighted by Gasteiger charge is -2.34. The van der Waals surface area contributed by atoms with Crippen LogP contribution in [0.4, 0.5) is 0 Å². The molecular weight excluding hydrogens is 320 g/mol. The fourth-order valence-electron chi connectivity index (χ4n) is 2.81. The summed E-state index contributed by atoms with van der Waals surface area (Å²) in [5, 5.41) is 30.3. The Labute approximate surface area is 127 Å². The van der Waals surface area contributed by atoms with E-state index in [4.69, 9.17) is 0 Å².